The monoisotopic (exact) mass is 473 g/mol. The van der Waals surface area contributed by atoms with Crippen LogP contribution in [0.5, 0.6) is 0 Å². The lowest BCUT2D eigenvalue weighted by Gasteiger charge is -2.30. The van der Waals surface area contributed by atoms with Crippen molar-refractivity contribution in [2.24, 2.45) is 19.8 Å². The average Bonchev–Trinajstić information content (AvgIpc) is 3.27. The van der Waals surface area contributed by atoms with E-state index in [0.29, 0.717) is 27.4 Å². The first-order valence-electron chi connectivity index (χ1n) is 10.6. The summed E-state index contributed by atoms with van der Waals surface area (Å²) in [6.07, 6.45) is 5.01. The largest absolute Gasteiger partial charge is 0.335 e. The zero-order valence-electron chi connectivity index (χ0n) is 18.5. The summed E-state index contributed by atoms with van der Waals surface area (Å²) in [6.45, 7) is 0. The lowest BCUT2D eigenvalue weighted by Crippen LogP contribution is -2.41. The number of halogens is 2. The maximum atomic E-state index is 14.0. The molecule has 0 bridgehead atoms. The van der Waals surface area contributed by atoms with Gasteiger partial charge in [0.1, 0.15) is 11.4 Å². The summed E-state index contributed by atoms with van der Waals surface area (Å²) >= 11 is 6.14. The fourth-order valence-corrected chi connectivity index (χ4v) is 4.46. The Bertz CT molecular complexity index is 1590. The standard InChI is InChI=1S/C26H21ClFN5O/c1-32-15-30-14-24(32)26(29,17-6-8-18(27)9-7-17)23-11-21-20(16-4-3-5-19(28)10-16)12-25(34)33(2)22(21)13-31-23/h3-15H,29H2,1-2H3. The number of aryl methyl sites for hydroxylation is 2. The summed E-state index contributed by atoms with van der Waals surface area (Å²) in [5, 5.41) is 1.31. The predicted molar refractivity (Wildman–Crippen MR) is 131 cm³/mol. The van der Waals surface area contributed by atoms with E-state index in [1.54, 1.807) is 50.0 Å². The summed E-state index contributed by atoms with van der Waals surface area (Å²) in [6, 6.07) is 16.8. The van der Waals surface area contributed by atoms with Crippen LogP contribution >= 0.6 is 11.6 Å². The Hall–Kier alpha value is -3.81. The Morgan fingerprint density at radius 3 is 2.47 bits per heavy atom. The fourth-order valence-electron chi connectivity index (χ4n) is 4.34. The zero-order valence-corrected chi connectivity index (χ0v) is 19.3. The van der Waals surface area contributed by atoms with Crippen LogP contribution in [0.1, 0.15) is 17.0 Å². The third kappa shape index (κ3) is 3.50. The van der Waals surface area contributed by atoms with Gasteiger partial charge in [0, 0.05) is 30.6 Å². The van der Waals surface area contributed by atoms with Gasteiger partial charge >= 0.3 is 0 Å². The van der Waals surface area contributed by atoms with Crippen LogP contribution in [-0.4, -0.2) is 19.1 Å². The van der Waals surface area contributed by atoms with Gasteiger partial charge in [-0.05, 0) is 47.0 Å². The first-order valence-corrected chi connectivity index (χ1v) is 10.9. The topological polar surface area (TPSA) is 78.7 Å². The molecule has 0 amide bonds. The van der Waals surface area contributed by atoms with Crippen molar-refractivity contribution in [1.29, 1.82) is 0 Å². The molecule has 1 atom stereocenters. The second-order valence-electron chi connectivity index (χ2n) is 8.26. The van der Waals surface area contributed by atoms with Crippen molar-refractivity contribution in [3.8, 4) is 11.1 Å². The van der Waals surface area contributed by atoms with Crippen LogP contribution in [0.4, 0.5) is 4.39 Å². The molecule has 0 aliphatic heterocycles. The number of hydrogen-bond acceptors (Lipinski definition) is 4. The number of fused-ring (bicyclic) bond motifs is 1. The van der Waals surface area contributed by atoms with Gasteiger partial charge in [-0.2, -0.15) is 0 Å². The van der Waals surface area contributed by atoms with Crippen molar-refractivity contribution in [2.45, 2.75) is 5.54 Å². The van der Waals surface area contributed by atoms with Gasteiger partial charge in [-0.3, -0.25) is 9.78 Å². The molecule has 0 fully saturated rings. The van der Waals surface area contributed by atoms with E-state index in [2.05, 4.69) is 4.98 Å². The number of hydrogen-bond donors (Lipinski definition) is 1. The summed E-state index contributed by atoms with van der Waals surface area (Å²) in [4.78, 5) is 21.6. The van der Waals surface area contributed by atoms with Crippen LogP contribution < -0.4 is 11.3 Å². The Morgan fingerprint density at radius 1 is 1.03 bits per heavy atom. The molecule has 6 nitrogen and oxygen atoms in total. The number of rotatable bonds is 4. The van der Waals surface area contributed by atoms with Gasteiger partial charge < -0.3 is 14.9 Å². The summed E-state index contributed by atoms with van der Waals surface area (Å²) in [7, 11) is 3.54. The van der Waals surface area contributed by atoms with Gasteiger partial charge in [-0.15, -0.1) is 0 Å². The zero-order chi connectivity index (χ0) is 24.0. The van der Waals surface area contributed by atoms with Gasteiger partial charge in [0.2, 0.25) is 0 Å². The Labute approximate surface area is 200 Å². The van der Waals surface area contributed by atoms with Crippen molar-refractivity contribution < 1.29 is 4.39 Å². The van der Waals surface area contributed by atoms with Crippen molar-refractivity contribution in [3.63, 3.8) is 0 Å². The highest BCUT2D eigenvalue weighted by Gasteiger charge is 2.36. The van der Waals surface area contributed by atoms with Crippen LogP contribution in [0.3, 0.4) is 0 Å². The van der Waals surface area contributed by atoms with Gasteiger partial charge in [-0.1, -0.05) is 35.9 Å². The molecular weight excluding hydrogens is 453 g/mol. The van der Waals surface area contributed by atoms with Crippen LogP contribution in [-0.2, 0) is 19.6 Å². The molecule has 3 aromatic heterocycles. The maximum Gasteiger partial charge on any atom is 0.251 e. The quantitative estimate of drug-likeness (QED) is 0.420. The third-order valence-electron chi connectivity index (χ3n) is 6.19. The number of nitrogens with two attached hydrogens (primary N) is 1. The van der Waals surface area contributed by atoms with Crippen molar-refractivity contribution in [3.05, 3.63) is 118 Å². The maximum absolute atomic E-state index is 14.0. The Morgan fingerprint density at radius 2 is 1.79 bits per heavy atom. The lowest BCUT2D eigenvalue weighted by atomic mass is 9.83. The molecule has 170 valence electrons. The number of pyridine rings is 2. The van der Waals surface area contributed by atoms with E-state index in [9.17, 15) is 9.18 Å². The van der Waals surface area contributed by atoms with Crippen LogP contribution in [0, 0.1) is 5.82 Å². The highest BCUT2D eigenvalue weighted by Crippen LogP contribution is 2.36. The lowest BCUT2D eigenvalue weighted by molar-refractivity contribution is 0.579. The Balaban J connectivity index is 1.84. The normalized spacial score (nSPS) is 13.2. The minimum absolute atomic E-state index is 0.218. The SMILES string of the molecule is Cn1cncc1C(N)(c1ccc(Cl)cc1)c1cc2c(-c3cccc(F)c3)cc(=O)n(C)c2cn1. The molecule has 0 saturated heterocycles. The molecule has 5 aromatic rings. The molecule has 8 heteroatoms. The predicted octanol–water partition coefficient (Wildman–Crippen LogP) is 4.38. The second-order valence-corrected chi connectivity index (χ2v) is 8.69. The molecule has 34 heavy (non-hydrogen) atoms. The number of aromatic nitrogens is 4. The van der Waals surface area contributed by atoms with Gasteiger partial charge in [0.05, 0.1) is 35.6 Å². The third-order valence-corrected chi connectivity index (χ3v) is 6.44. The van der Waals surface area contributed by atoms with E-state index in [-0.39, 0.29) is 11.4 Å². The molecule has 0 aliphatic rings. The first-order chi connectivity index (χ1) is 16.3. The minimum atomic E-state index is -1.17. The summed E-state index contributed by atoms with van der Waals surface area (Å²) in [5.74, 6) is -0.384. The number of benzene rings is 2. The van der Waals surface area contributed by atoms with Crippen LogP contribution in [0.25, 0.3) is 22.0 Å². The molecule has 3 heterocycles. The van der Waals surface area contributed by atoms with Gasteiger partial charge in [0.15, 0.2) is 0 Å². The summed E-state index contributed by atoms with van der Waals surface area (Å²) < 4.78 is 17.4. The van der Waals surface area contributed by atoms with Crippen LogP contribution in [0.15, 0.2) is 84.2 Å². The van der Waals surface area contributed by atoms with Crippen molar-refractivity contribution in [1.82, 2.24) is 19.1 Å². The van der Waals surface area contributed by atoms with E-state index in [1.807, 2.05) is 29.8 Å². The minimum Gasteiger partial charge on any atom is -0.335 e. The fraction of sp³-hybridized carbons (Fsp3) is 0.115. The molecule has 0 saturated carbocycles. The second kappa shape index (κ2) is 8.20. The highest BCUT2D eigenvalue weighted by molar-refractivity contribution is 6.30. The molecular formula is C26H21ClFN5O. The van der Waals surface area contributed by atoms with E-state index < -0.39 is 5.54 Å². The van der Waals surface area contributed by atoms with Crippen molar-refractivity contribution in [2.75, 3.05) is 0 Å². The molecule has 5 rings (SSSR count). The van der Waals surface area contributed by atoms with E-state index in [1.165, 1.54) is 22.8 Å². The molecule has 2 aromatic carbocycles. The van der Waals surface area contributed by atoms with E-state index in [4.69, 9.17) is 22.3 Å². The van der Waals surface area contributed by atoms with E-state index in [0.717, 1.165) is 16.6 Å². The molecule has 0 aliphatic carbocycles. The average molecular weight is 474 g/mol. The number of imidazole rings is 1. The smallest absolute Gasteiger partial charge is 0.251 e. The molecule has 0 radical (unpaired) electrons. The first kappa shape index (κ1) is 22.0. The summed E-state index contributed by atoms with van der Waals surface area (Å²) in [5.41, 5.74) is 9.58. The van der Waals surface area contributed by atoms with E-state index >= 15 is 0 Å². The molecule has 2 N–H and O–H groups in total. The number of nitrogens with zero attached hydrogens (tertiary/aromatic N) is 4. The van der Waals surface area contributed by atoms with Crippen LogP contribution in [0.2, 0.25) is 5.02 Å². The van der Waals surface area contributed by atoms with Gasteiger partial charge in [0.25, 0.3) is 5.56 Å². The molecule has 1 unspecified atom stereocenters. The highest BCUT2D eigenvalue weighted by atomic mass is 35.5. The Kier molecular flexibility index (Phi) is 5.31. The molecule has 0 spiro atoms. The van der Waals surface area contributed by atoms with Gasteiger partial charge in [-0.25, -0.2) is 9.37 Å². The van der Waals surface area contributed by atoms with Crippen molar-refractivity contribution >= 4 is 22.5 Å².